The smallest absolute Gasteiger partial charge is 0.174 e. The Labute approximate surface area is 234 Å². The third-order valence-electron chi connectivity index (χ3n) is 7.15. The number of ketones is 4. The van der Waals surface area contributed by atoms with Crippen molar-refractivity contribution in [1.29, 1.82) is 0 Å². The summed E-state index contributed by atoms with van der Waals surface area (Å²) in [6.45, 7) is 5.42. The molecule has 12 heteroatoms. The standard InChI is InChI=1S/C27H55N7O5/c1-20(27(39)19-35)31-18-26(38)25(14-8-11-17-30)34(32(4)23(21(2)36)12-6-9-15-28)33(5)24(22(3)37)13-7-10-16-29/h20,23-25,31,35H,6-19,28-30H2,1-5H3/t20-,23-,24-,25-/m0/s1. The molecule has 0 spiro atoms. The van der Waals surface area contributed by atoms with E-state index >= 15 is 0 Å². The number of likely N-dealkylation sites (N-methyl/N-ethyl adjacent to an activating group) is 2. The molecule has 0 bridgehead atoms. The molecule has 0 aliphatic rings. The number of hydrogen-bond donors (Lipinski definition) is 5. The van der Waals surface area contributed by atoms with E-state index < -0.39 is 36.6 Å². The van der Waals surface area contributed by atoms with Crippen LogP contribution in [0.5, 0.6) is 0 Å². The van der Waals surface area contributed by atoms with Gasteiger partial charge < -0.3 is 27.6 Å². The first-order valence-corrected chi connectivity index (χ1v) is 14.2. The fourth-order valence-corrected chi connectivity index (χ4v) is 4.73. The largest absolute Gasteiger partial charge is 0.389 e. The Morgan fingerprint density at radius 3 is 1.41 bits per heavy atom. The number of unbranched alkanes of at least 4 members (excludes halogenated alkanes) is 3. The first-order chi connectivity index (χ1) is 18.5. The van der Waals surface area contributed by atoms with Crippen LogP contribution in [0.25, 0.3) is 0 Å². The summed E-state index contributed by atoms with van der Waals surface area (Å²) in [5.74, 6) is -0.716. The molecule has 0 rings (SSSR count). The van der Waals surface area contributed by atoms with Crippen LogP contribution < -0.4 is 22.5 Å². The van der Waals surface area contributed by atoms with Gasteiger partial charge in [-0.15, -0.1) is 0 Å². The van der Waals surface area contributed by atoms with Gasteiger partial charge in [0.25, 0.3) is 0 Å². The van der Waals surface area contributed by atoms with E-state index in [2.05, 4.69) is 5.32 Å². The number of nitrogens with two attached hydrogens (primary N) is 3. The van der Waals surface area contributed by atoms with Gasteiger partial charge in [-0.05, 0) is 78.9 Å². The van der Waals surface area contributed by atoms with E-state index in [0.29, 0.717) is 51.7 Å². The van der Waals surface area contributed by atoms with E-state index in [1.54, 1.807) is 36.2 Å². The molecule has 4 atom stereocenters. The average Bonchev–Trinajstić information content (AvgIpc) is 2.90. The molecule has 0 radical (unpaired) electrons. The quantitative estimate of drug-likeness (QED) is 0.0733. The van der Waals surface area contributed by atoms with Crippen LogP contribution in [0.4, 0.5) is 0 Å². The van der Waals surface area contributed by atoms with Gasteiger partial charge in [-0.1, -0.05) is 19.3 Å². The van der Waals surface area contributed by atoms with Crippen LogP contribution in [0.3, 0.4) is 0 Å². The lowest BCUT2D eigenvalue weighted by Crippen LogP contribution is -2.65. The minimum absolute atomic E-state index is 0.0520. The molecule has 0 heterocycles. The van der Waals surface area contributed by atoms with Gasteiger partial charge in [0.15, 0.2) is 11.6 Å². The zero-order valence-corrected chi connectivity index (χ0v) is 24.9. The molecule has 0 aliphatic heterocycles. The highest BCUT2D eigenvalue weighted by atomic mass is 16.3. The van der Waals surface area contributed by atoms with Crippen LogP contribution >= 0.6 is 0 Å². The van der Waals surface area contributed by atoms with Gasteiger partial charge in [0.2, 0.25) is 0 Å². The van der Waals surface area contributed by atoms with Crippen molar-refractivity contribution in [3.8, 4) is 0 Å². The van der Waals surface area contributed by atoms with E-state index in [9.17, 15) is 24.3 Å². The molecular weight excluding hydrogens is 502 g/mol. The predicted octanol–water partition coefficient (Wildman–Crippen LogP) is -0.239. The van der Waals surface area contributed by atoms with Gasteiger partial charge in [-0.3, -0.25) is 19.2 Å². The molecule has 0 aromatic carbocycles. The van der Waals surface area contributed by atoms with Crippen LogP contribution in [-0.2, 0) is 19.2 Å². The Balaban J connectivity index is 6.48. The maximum atomic E-state index is 13.7. The second-order valence-corrected chi connectivity index (χ2v) is 10.3. The molecule has 39 heavy (non-hydrogen) atoms. The van der Waals surface area contributed by atoms with Gasteiger partial charge in [0.05, 0.1) is 24.7 Å². The fraction of sp³-hybridized carbons (Fsp3) is 0.852. The highest BCUT2D eigenvalue weighted by Crippen LogP contribution is 2.23. The molecular formula is C27H55N7O5. The number of aliphatic hydroxyl groups excluding tert-OH is 1. The van der Waals surface area contributed by atoms with E-state index in [1.807, 2.05) is 0 Å². The van der Waals surface area contributed by atoms with Crippen molar-refractivity contribution in [2.24, 2.45) is 17.2 Å². The van der Waals surface area contributed by atoms with Crippen molar-refractivity contribution in [3.05, 3.63) is 0 Å². The number of carbonyl (C=O) groups is 4. The third-order valence-corrected chi connectivity index (χ3v) is 7.15. The van der Waals surface area contributed by atoms with E-state index in [1.165, 1.54) is 13.8 Å². The number of nitrogens with zero attached hydrogens (tertiary/aromatic N) is 3. The zero-order valence-electron chi connectivity index (χ0n) is 24.9. The summed E-state index contributed by atoms with van der Waals surface area (Å²) in [6.07, 6.45) is 5.92. The number of rotatable bonds is 25. The second-order valence-electron chi connectivity index (χ2n) is 10.3. The zero-order chi connectivity index (χ0) is 30.0. The molecule has 0 aliphatic carbocycles. The minimum Gasteiger partial charge on any atom is -0.389 e. The van der Waals surface area contributed by atoms with Gasteiger partial charge in [0, 0.05) is 14.1 Å². The average molecular weight is 558 g/mol. The number of hydrogen-bond acceptors (Lipinski definition) is 12. The number of nitrogens with one attached hydrogen (secondary N) is 1. The molecule has 0 aromatic rings. The molecule has 0 saturated heterocycles. The Kier molecular flexibility index (Phi) is 20.3. The summed E-state index contributed by atoms with van der Waals surface area (Å²) in [6, 6.07) is -2.47. The summed E-state index contributed by atoms with van der Waals surface area (Å²) in [4.78, 5) is 51.3. The summed E-state index contributed by atoms with van der Waals surface area (Å²) < 4.78 is 0. The highest BCUT2D eigenvalue weighted by molar-refractivity contribution is 5.88. The molecule has 0 fully saturated rings. The first-order valence-electron chi connectivity index (χ1n) is 14.2. The Bertz CT molecular complexity index is 705. The van der Waals surface area contributed by atoms with Gasteiger partial charge >= 0.3 is 0 Å². The summed E-state index contributed by atoms with van der Waals surface area (Å²) >= 11 is 0. The Hall–Kier alpha value is -1.64. The van der Waals surface area contributed by atoms with Crippen molar-refractivity contribution in [2.75, 3.05) is 46.9 Å². The molecule has 12 nitrogen and oxygen atoms in total. The Morgan fingerprint density at radius 2 is 1.08 bits per heavy atom. The van der Waals surface area contributed by atoms with Gasteiger partial charge in [-0.2, -0.15) is 5.12 Å². The number of Topliss-reactive ketones (excluding diaryl/α,β-unsaturated/α-hetero) is 4. The molecule has 0 aromatic heterocycles. The Morgan fingerprint density at radius 1 is 0.692 bits per heavy atom. The van der Waals surface area contributed by atoms with Crippen LogP contribution in [0.15, 0.2) is 0 Å². The molecule has 0 amide bonds. The minimum atomic E-state index is -0.719. The lowest BCUT2D eigenvalue weighted by Gasteiger charge is -2.48. The van der Waals surface area contributed by atoms with Crippen LogP contribution in [0, 0.1) is 0 Å². The van der Waals surface area contributed by atoms with Crippen LogP contribution in [0.1, 0.15) is 78.6 Å². The number of hydrazine groups is 2. The third kappa shape index (κ3) is 13.5. The maximum absolute atomic E-state index is 13.7. The lowest BCUT2D eigenvalue weighted by atomic mass is 10.0. The summed E-state index contributed by atoms with van der Waals surface area (Å²) in [7, 11) is 3.55. The first kappa shape index (κ1) is 37.4. The normalized spacial score (nSPS) is 15.0. The summed E-state index contributed by atoms with van der Waals surface area (Å²) in [5.41, 5.74) is 17.1. The van der Waals surface area contributed by atoms with Crippen molar-refractivity contribution in [3.63, 3.8) is 0 Å². The van der Waals surface area contributed by atoms with Crippen molar-refractivity contribution in [2.45, 2.75) is 103 Å². The maximum Gasteiger partial charge on any atom is 0.174 e. The van der Waals surface area contributed by atoms with E-state index in [-0.39, 0.29) is 23.9 Å². The van der Waals surface area contributed by atoms with E-state index in [4.69, 9.17) is 17.2 Å². The lowest BCUT2D eigenvalue weighted by molar-refractivity contribution is -0.221. The van der Waals surface area contributed by atoms with Crippen molar-refractivity contribution < 1.29 is 24.3 Å². The van der Waals surface area contributed by atoms with Crippen molar-refractivity contribution >= 4 is 23.1 Å². The molecule has 0 saturated carbocycles. The monoisotopic (exact) mass is 557 g/mol. The highest BCUT2D eigenvalue weighted by Gasteiger charge is 2.38. The topological polar surface area (TPSA) is 188 Å². The summed E-state index contributed by atoms with van der Waals surface area (Å²) in [5, 5.41) is 17.4. The van der Waals surface area contributed by atoms with Gasteiger partial charge in [0.1, 0.15) is 24.2 Å². The number of carbonyl (C=O) groups excluding carboxylic acids is 4. The molecule has 0 unspecified atom stereocenters. The van der Waals surface area contributed by atoms with Gasteiger partial charge in [-0.25, -0.2) is 10.0 Å². The predicted molar refractivity (Wildman–Crippen MR) is 153 cm³/mol. The molecule has 8 N–H and O–H groups in total. The SMILES string of the molecule is CC(=O)[C@H](CCCCN)N(C)N([C@@H](CCCCN)C(=O)CN[C@@H](C)C(=O)CO)N(C)[C@@H](CCCCN)C(C)=O. The van der Waals surface area contributed by atoms with Crippen LogP contribution in [0.2, 0.25) is 0 Å². The van der Waals surface area contributed by atoms with E-state index in [0.717, 1.165) is 25.7 Å². The number of aliphatic hydroxyl groups is 1. The fourth-order valence-electron chi connectivity index (χ4n) is 4.73. The van der Waals surface area contributed by atoms with Crippen LogP contribution in [-0.4, -0.2) is 114 Å². The van der Waals surface area contributed by atoms with Crippen molar-refractivity contribution in [1.82, 2.24) is 20.5 Å². The second kappa shape index (κ2) is 21.2. The molecule has 228 valence electrons.